The van der Waals surface area contributed by atoms with Gasteiger partial charge in [-0.15, -0.1) is 11.3 Å². The molecule has 1 aliphatic rings. The number of carbonyl (C=O) groups is 1. The van der Waals surface area contributed by atoms with Gasteiger partial charge in [0.15, 0.2) is 0 Å². The molecule has 0 bridgehead atoms. The van der Waals surface area contributed by atoms with Crippen molar-refractivity contribution in [3.8, 4) is 5.75 Å². The number of thiophene rings is 1. The maximum absolute atomic E-state index is 12.8. The first-order valence-electron chi connectivity index (χ1n) is 8.41. The topological polar surface area (TPSA) is 75.7 Å². The van der Waals surface area contributed by atoms with Gasteiger partial charge in [0.1, 0.15) is 16.0 Å². The van der Waals surface area contributed by atoms with Gasteiger partial charge >= 0.3 is 0 Å². The van der Waals surface area contributed by atoms with Gasteiger partial charge in [-0.1, -0.05) is 12.1 Å². The summed E-state index contributed by atoms with van der Waals surface area (Å²) in [6, 6.07) is 10.1. The zero-order chi connectivity index (χ0) is 18.7. The largest absolute Gasteiger partial charge is 0.497 e. The smallest absolute Gasteiger partial charge is 0.253 e. The summed E-state index contributed by atoms with van der Waals surface area (Å²) in [5, 5.41) is 2.85. The van der Waals surface area contributed by atoms with Crippen molar-refractivity contribution in [3.05, 3.63) is 46.8 Å². The van der Waals surface area contributed by atoms with Crippen molar-refractivity contribution in [1.82, 2.24) is 9.62 Å². The van der Waals surface area contributed by atoms with Crippen LogP contribution < -0.4 is 10.1 Å². The molecule has 1 N–H and O–H groups in total. The third kappa shape index (κ3) is 3.92. The Balaban J connectivity index is 1.68. The number of aryl methyl sites for hydroxylation is 1. The Morgan fingerprint density at radius 3 is 2.62 bits per heavy atom. The maximum Gasteiger partial charge on any atom is 0.253 e. The molecule has 0 saturated carbocycles. The van der Waals surface area contributed by atoms with Crippen LogP contribution in [0.15, 0.2) is 40.6 Å². The third-order valence-electron chi connectivity index (χ3n) is 4.41. The molecule has 0 radical (unpaired) electrons. The standard InChI is InChI=1S/C18H22N2O4S2/c1-13-5-10-17(25-13)26(22,23)20-11-3-4-16(20)18(21)19-12-14-6-8-15(24-2)9-7-14/h5-10,16H,3-4,11-12H2,1-2H3,(H,19,21). The minimum Gasteiger partial charge on any atom is -0.497 e. The van der Waals surface area contributed by atoms with Crippen molar-refractivity contribution in [1.29, 1.82) is 0 Å². The summed E-state index contributed by atoms with van der Waals surface area (Å²) >= 11 is 1.24. The average molecular weight is 395 g/mol. The first-order valence-corrected chi connectivity index (χ1v) is 10.7. The van der Waals surface area contributed by atoms with Crippen LogP contribution in [0.5, 0.6) is 5.75 Å². The van der Waals surface area contributed by atoms with Crippen molar-refractivity contribution in [2.75, 3.05) is 13.7 Å². The molecule has 3 rings (SSSR count). The minimum absolute atomic E-state index is 0.254. The van der Waals surface area contributed by atoms with E-state index in [1.807, 2.05) is 31.2 Å². The van der Waals surface area contributed by atoms with E-state index in [1.165, 1.54) is 15.6 Å². The van der Waals surface area contributed by atoms with Gasteiger partial charge in [0.05, 0.1) is 7.11 Å². The van der Waals surface area contributed by atoms with E-state index in [1.54, 1.807) is 19.2 Å². The van der Waals surface area contributed by atoms with Crippen molar-refractivity contribution in [3.63, 3.8) is 0 Å². The van der Waals surface area contributed by atoms with Crippen molar-refractivity contribution in [2.24, 2.45) is 0 Å². The summed E-state index contributed by atoms with van der Waals surface area (Å²) in [6.07, 6.45) is 1.22. The molecule has 1 saturated heterocycles. The summed E-state index contributed by atoms with van der Waals surface area (Å²) in [7, 11) is -2.03. The fourth-order valence-corrected chi connectivity index (χ4v) is 6.08. The van der Waals surface area contributed by atoms with Crippen LogP contribution in [0.2, 0.25) is 0 Å². The molecule has 1 amide bonds. The Morgan fingerprint density at radius 1 is 1.27 bits per heavy atom. The van der Waals surface area contributed by atoms with Gasteiger partial charge in [0.2, 0.25) is 5.91 Å². The molecule has 1 atom stereocenters. The molecule has 140 valence electrons. The highest BCUT2D eigenvalue weighted by atomic mass is 32.2. The summed E-state index contributed by atoms with van der Waals surface area (Å²) in [4.78, 5) is 13.5. The molecule has 1 unspecified atom stereocenters. The number of nitrogens with zero attached hydrogens (tertiary/aromatic N) is 1. The molecule has 26 heavy (non-hydrogen) atoms. The van der Waals surface area contributed by atoms with E-state index < -0.39 is 16.1 Å². The highest BCUT2D eigenvalue weighted by Crippen LogP contribution is 2.30. The lowest BCUT2D eigenvalue weighted by Gasteiger charge is -2.22. The Kier molecular flexibility index (Phi) is 5.64. The number of hydrogen-bond donors (Lipinski definition) is 1. The molecule has 2 aromatic rings. The Labute approximate surface area is 157 Å². The van der Waals surface area contributed by atoms with Gasteiger partial charge in [0, 0.05) is 18.0 Å². The third-order valence-corrected chi connectivity index (χ3v) is 7.79. The molecule has 0 spiro atoms. The Morgan fingerprint density at radius 2 is 2.00 bits per heavy atom. The van der Waals surface area contributed by atoms with Crippen LogP contribution in [0.4, 0.5) is 0 Å². The van der Waals surface area contributed by atoms with Crippen LogP contribution in [0, 0.1) is 6.92 Å². The molecule has 1 fully saturated rings. The second-order valence-electron chi connectivity index (χ2n) is 6.20. The molecule has 1 aliphatic heterocycles. The molecule has 8 heteroatoms. The maximum atomic E-state index is 12.8. The van der Waals surface area contributed by atoms with Gasteiger partial charge in [-0.3, -0.25) is 4.79 Å². The molecule has 2 heterocycles. The van der Waals surface area contributed by atoms with Crippen molar-refractivity contribution < 1.29 is 17.9 Å². The van der Waals surface area contributed by atoms with E-state index in [0.29, 0.717) is 30.1 Å². The summed E-state index contributed by atoms with van der Waals surface area (Å²) in [5.74, 6) is 0.495. The van der Waals surface area contributed by atoms with E-state index in [4.69, 9.17) is 4.74 Å². The zero-order valence-corrected chi connectivity index (χ0v) is 16.4. The predicted molar refractivity (Wildman–Crippen MR) is 101 cm³/mol. The zero-order valence-electron chi connectivity index (χ0n) is 14.8. The number of carbonyl (C=O) groups excluding carboxylic acids is 1. The van der Waals surface area contributed by atoms with E-state index >= 15 is 0 Å². The highest BCUT2D eigenvalue weighted by Gasteiger charge is 2.39. The van der Waals surface area contributed by atoms with Crippen molar-refractivity contribution in [2.45, 2.75) is 36.6 Å². The number of amides is 1. The first kappa shape index (κ1) is 18.9. The highest BCUT2D eigenvalue weighted by molar-refractivity contribution is 7.91. The van der Waals surface area contributed by atoms with Crippen LogP contribution >= 0.6 is 11.3 Å². The number of sulfonamides is 1. The monoisotopic (exact) mass is 394 g/mol. The van der Waals surface area contributed by atoms with Gasteiger partial charge in [-0.2, -0.15) is 4.31 Å². The van der Waals surface area contributed by atoms with E-state index in [-0.39, 0.29) is 5.91 Å². The van der Waals surface area contributed by atoms with Crippen LogP contribution in [0.3, 0.4) is 0 Å². The van der Waals surface area contributed by atoms with Gasteiger partial charge in [-0.05, 0) is 49.6 Å². The lowest BCUT2D eigenvalue weighted by atomic mass is 10.2. The SMILES string of the molecule is COc1ccc(CNC(=O)C2CCCN2S(=O)(=O)c2ccc(C)s2)cc1. The normalized spacial score (nSPS) is 18.0. The Hall–Kier alpha value is -1.90. The fourth-order valence-electron chi connectivity index (χ4n) is 3.01. The van der Waals surface area contributed by atoms with Crippen LogP contribution in [0.1, 0.15) is 23.3 Å². The molecule has 0 aliphatic carbocycles. The number of nitrogens with one attached hydrogen (secondary N) is 1. The van der Waals surface area contributed by atoms with Gasteiger partial charge in [0.25, 0.3) is 10.0 Å². The minimum atomic E-state index is -3.63. The number of benzene rings is 1. The van der Waals surface area contributed by atoms with Crippen molar-refractivity contribution >= 4 is 27.3 Å². The molecular formula is C18H22N2O4S2. The van der Waals surface area contributed by atoms with E-state index in [9.17, 15) is 13.2 Å². The molecular weight excluding hydrogens is 372 g/mol. The summed E-state index contributed by atoms with van der Waals surface area (Å²) < 4.78 is 32.4. The number of ether oxygens (including phenoxy) is 1. The summed E-state index contributed by atoms with van der Waals surface area (Å²) in [5.41, 5.74) is 0.931. The number of methoxy groups -OCH3 is 1. The van der Waals surface area contributed by atoms with Crippen LogP contribution in [-0.4, -0.2) is 38.3 Å². The molecule has 1 aromatic heterocycles. The molecule has 6 nitrogen and oxygen atoms in total. The second kappa shape index (κ2) is 7.77. The number of rotatable bonds is 6. The van der Waals surface area contributed by atoms with Gasteiger partial charge in [-0.25, -0.2) is 8.42 Å². The van der Waals surface area contributed by atoms with Crippen LogP contribution in [0.25, 0.3) is 0 Å². The fraction of sp³-hybridized carbons (Fsp3) is 0.389. The Bertz CT molecular complexity index is 875. The lowest BCUT2D eigenvalue weighted by molar-refractivity contribution is -0.124. The summed E-state index contributed by atoms with van der Waals surface area (Å²) in [6.45, 7) is 2.60. The van der Waals surface area contributed by atoms with Crippen LogP contribution in [-0.2, 0) is 21.4 Å². The first-order chi connectivity index (χ1) is 12.4. The average Bonchev–Trinajstić information content (AvgIpc) is 3.30. The quantitative estimate of drug-likeness (QED) is 0.817. The second-order valence-corrected chi connectivity index (χ2v) is 9.61. The number of hydrogen-bond acceptors (Lipinski definition) is 5. The van der Waals surface area contributed by atoms with E-state index in [0.717, 1.165) is 16.2 Å². The van der Waals surface area contributed by atoms with E-state index in [2.05, 4.69) is 5.32 Å². The predicted octanol–water partition coefficient (Wildman–Crippen LogP) is 2.53. The molecule has 1 aromatic carbocycles. The van der Waals surface area contributed by atoms with Gasteiger partial charge < -0.3 is 10.1 Å². The lowest BCUT2D eigenvalue weighted by Crippen LogP contribution is -2.45.